The van der Waals surface area contributed by atoms with Crippen molar-refractivity contribution < 1.29 is 13.2 Å². The molecule has 1 aliphatic rings. The fraction of sp³-hybridized carbons (Fsp3) is 1.00. The summed E-state index contributed by atoms with van der Waals surface area (Å²) in [5.74, 6) is -0.0210. The summed E-state index contributed by atoms with van der Waals surface area (Å²) >= 11 is 0. The van der Waals surface area contributed by atoms with Crippen LogP contribution < -0.4 is 10.5 Å². The number of nitrogens with one attached hydrogen (secondary N) is 1. The second kappa shape index (κ2) is 4.57. The molecule has 1 aliphatic carbocycles. The van der Waals surface area contributed by atoms with Gasteiger partial charge in [-0.3, -0.25) is 0 Å². The van der Waals surface area contributed by atoms with E-state index in [0.717, 1.165) is 19.3 Å². The molecule has 0 heterocycles. The van der Waals surface area contributed by atoms with Crippen molar-refractivity contribution in [2.75, 3.05) is 26.0 Å². The molecule has 0 atom stereocenters. The zero-order chi connectivity index (χ0) is 10.7. The molecule has 1 fully saturated rings. The summed E-state index contributed by atoms with van der Waals surface area (Å²) < 4.78 is 30.4. The maximum Gasteiger partial charge on any atom is 0.212 e. The highest BCUT2D eigenvalue weighted by Crippen LogP contribution is 2.34. The monoisotopic (exact) mass is 222 g/mol. The Morgan fingerprint density at radius 1 is 1.50 bits per heavy atom. The first-order chi connectivity index (χ1) is 6.54. The van der Waals surface area contributed by atoms with Crippen molar-refractivity contribution in [1.29, 1.82) is 0 Å². The second-order valence-corrected chi connectivity index (χ2v) is 5.60. The molecule has 0 spiro atoms. The van der Waals surface area contributed by atoms with Gasteiger partial charge in [-0.05, 0) is 19.3 Å². The van der Waals surface area contributed by atoms with Gasteiger partial charge < -0.3 is 10.5 Å². The fourth-order valence-corrected chi connectivity index (χ4v) is 2.43. The number of nitrogens with two attached hydrogens (primary N) is 1. The third-order valence-electron chi connectivity index (χ3n) is 2.70. The molecule has 0 amide bonds. The highest BCUT2D eigenvalue weighted by Gasteiger charge is 2.37. The first-order valence-corrected chi connectivity index (χ1v) is 6.41. The van der Waals surface area contributed by atoms with E-state index >= 15 is 0 Å². The van der Waals surface area contributed by atoms with Crippen LogP contribution in [0.3, 0.4) is 0 Å². The van der Waals surface area contributed by atoms with Crippen LogP contribution in [0.5, 0.6) is 0 Å². The molecule has 0 aliphatic heterocycles. The number of rotatable bonds is 6. The van der Waals surface area contributed by atoms with E-state index in [-0.39, 0.29) is 17.9 Å². The molecular weight excluding hydrogens is 204 g/mol. The van der Waals surface area contributed by atoms with Crippen molar-refractivity contribution in [2.24, 2.45) is 5.73 Å². The first-order valence-electron chi connectivity index (χ1n) is 4.76. The zero-order valence-corrected chi connectivity index (χ0v) is 9.27. The Morgan fingerprint density at radius 3 is 2.50 bits per heavy atom. The molecule has 6 heteroatoms. The van der Waals surface area contributed by atoms with Crippen LogP contribution in [0.15, 0.2) is 0 Å². The zero-order valence-electron chi connectivity index (χ0n) is 8.45. The van der Waals surface area contributed by atoms with Crippen molar-refractivity contribution in [3.8, 4) is 0 Å². The summed E-state index contributed by atoms with van der Waals surface area (Å²) in [6.07, 6.45) is 2.95. The summed E-state index contributed by atoms with van der Waals surface area (Å²) in [4.78, 5) is 0. The molecule has 14 heavy (non-hydrogen) atoms. The Labute approximate surface area is 85.1 Å². The number of hydrogen-bond acceptors (Lipinski definition) is 4. The third-order valence-corrected chi connectivity index (χ3v) is 4.06. The predicted molar refractivity (Wildman–Crippen MR) is 54.4 cm³/mol. The van der Waals surface area contributed by atoms with Gasteiger partial charge in [-0.15, -0.1) is 0 Å². The fourth-order valence-electron chi connectivity index (χ4n) is 1.49. The molecule has 84 valence electrons. The number of hydrogen-bond donors (Lipinski definition) is 2. The molecule has 0 aromatic carbocycles. The van der Waals surface area contributed by atoms with Crippen LogP contribution >= 0.6 is 0 Å². The molecule has 0 aromatic heterocycles. The van der Waals surface area contributed by atoms with Gasteiger partial charge in [0.2, 0.25) is 10.0 Å². The van der Waals surface area contributed by atoms with Gasteiger partial charge in [0.25, 0.3) is 0 Å². The Kier molecular flexibility index (Phi) is 3.88. The lowest BCUT2D eigenvalue weighted by Gasteiger charge is -2.40. The van der Waals surface area contributed by atoms with Crippen molar-refractivity contribution in [3.63, 3.8) is 0 Å². The van der Waals surface area contributed by atoms with E-state index in [1.807, 2.05) is 0 Å². The van der Waals surface area contributed by atoms with Crippen LogP contribution in [0.2, 0.25) is 0 Å². The molecule has 0 saturated heterocycles. The number of ether oxygens (including phenoxy) is 1. The minimum atomic E-state index is -3.21. The van der Waals surface area contributed by atoms with Crippen LogP contribution in [0.4, 0.5) is 0 Å². The van der Waals surface area contributed by atoms with E-state index in [9.17, 15) is 8.42 Å². The van der Waals surface area contributed by atoms with Gasteiger partial charge >= 0.3 is 0 Å². The Balaban J connectivity index is 2.39. The third kappa shape index (κ3) is 2.91. The van der Waals surface area contributed by atoms with E-state index in [0.29, 0.717) is 6.54 Å². The molecular formula is C8H18N2O3S. The SMILES string of the molecule is COC1(CNS(=O)(=O)CCN)CCC1. The summed E-state index contributed by atoms with van der Waals surface area (Å²) in [6, 6.07) is 0. The van der Waals surface area contributed by atoms with Crippen molar-refractivity contribution in [3.05, 3.63) is 0 Å². The maximum absolute atomic E-state index is 11.3. The van der Waals surface area contributed by atoms with Crippen LogP contribution in [-0.4, -0.2) is 40.0 Å². The van der Waals surface area contributed by atoms with Gasteiger partial charge in [-0.2, -0.15) is 0 Å². The van der Waals surface area contributed by atoms with Crippen LogP contribution in [0, 0.1) is 0 Å². The molecule has 0 aromatic rings. The van der Waals surface area contributed by atoms with Gasteiger partial charge in [0.15, 0.2) is 0 Å². The molecule has 0 radical (unpaired) electrons. The van der Waals surface area contributed by atoms with Gasteiger partial charge in [-0.25, -0.2) is 13.1 Å². The summed E-state index contributed by atoms with van der Waals surface area (Å²) in [6.45, 7) is 0.515. The summed E-state index contributed by atoms with van der Waals surface area (Å²) in [5, 5.41) is 0. The molecule has 0 bridgehead atoms. The lowest BCUT2D eigenvalue weighted by Crippen LogP contribution is -2.50. The highest BCUT2D eigenvalue weighted by molar-refractivity contribution is 7.89. The first kappa shape index (κ1) is 11.9. The van der Waals surface area contributed by atoms with Crippen molar-refractivity contribution in [2.45, 2.75) is 24.9 Å². The Morgan fingerprint density at radius 2 is 2.14 bits per heavy atom. The lowest BCUT2D eigenvalue weighted by molar-refractivity contribution is -0.0659. The Hall–Kier alpha value is -0.170. The van der Waals surface area contributed by atoms with E-state index in [1.54, 1.807) is 7.11 Å². The normalized spacial score (nSPS) is 20.4. The second-order valence-electron chi connectivity index (χ2n) is 3.67. The van der Waals surface area contributed by atoms with Gasteiger partial charge in [0.1, 0.15) is 0 Å². The van der Waals surface area contributed by atoms with Gasteiger partial charge in [-0.1, -0.05) is 0 Å². The summed E-state index contributed by atoms with van der Waals surface area (Å²) in [5.41, 5.74) is 4.92. The molecule has 1 rings (SSSR count). The topological polar surface area (TPSA) is 81.4 Å². The minimum absolute atomic E-state index is 0.0210. The van der Waals surface area contributed by atoms with E-state index < -0.39 is 10.0 Å². The van der Waals surface area contributed by atoms with Crippen LogP contribution in [0.1, 0.15) is 19.3 Å². The van der Waals surface area contributed by atoms with Gasteiger partial charge in [0.05, 0.1) is 11.4 Å². The standard InChI is InChI=1S/C8H18N2O3S/c1-13-8(3-2-4-8)7-10-14(11,12)6-5-9/h10H,2-7,9H2,1H3. The quantitative estimate of drug-likeness (QED) is 0.631. The average molecular weight is 222 g/mol. The Bertz CT molecular complexity index is 267. The lowest BCUT2D eigenvalue weighted by atomic mass is 9.80. The molecule has 5 nitrogen and oxygen atoms in total. The largest absolute Gasteiger partial charge is 0.377 e. The number of methoxy groups -OCH3 is 1. The molecule has 1 saturated carbocycles. The van der Waals surface area contributed by atoms with Crippen molar-refractivity contribution in [1.82, 2.24) is 4.72 Å². The maximum atomic E-state index is 11.3. The average Bonchev–Trinajstić information content (AvgIpc) is 2.03. The van der Waals surface area contributed by atoms with Crippen LogP contribution in [-0.2, 0) is 14.8 Å². The highest BCUT2D eigenvalue weighted by atomic mass is 32.2. The van der Waals surface area contributed by atoms with E-state index in [2.05, 4.69) is 4.72 Å². The van der Waals surface area contributed by atoms with Gasteiger partial charge in [0, 0.05) is 20.2 Å². The van der Waals surface area contributed by atoms with E-state index in [4.69, 9.17) is 10.5 Å². The van der Waals surface area contributed by atoms with Crippen LogP contribution in [0.25, 0.3) is 0 Å². The summed E-state index contributed by atoms with van der Waals surface area (Å²) in [7, 11) is -1.58. The molecule has 3 N–H and O–H groups in total. The van der Waals surface area contributed by atoms with E-state index in [1.165, 1.54) is 0 Å². The number of sulfonamides is 1. The smallest absolute Gasteiger partial charge is 0.212 e. The van der Waals surface area contributed by atoms with Crippen molar-refractivity contribution >= 4 is 10.0 Å². The minimum Gasteiger partial charge on any atom is -0.377 e. The molecule has 0 unspecified atom stereocenters. The predicted octanol–water partition coefficient (Wildman–Crippen LogP) is -0.566.